The molecule has 0 radical (unpaired) electrons. The summed E-state index contributed by atoms with van der Waals surface area (Å²) >= 11 is 0. The third-order valence-corrected chi connectivity index (χ3v) is 3.39. The van der Waals surface area contributed by atoms with Gasteiger partial charge in [0, 0.05) is 11.1 Å². The average Bonchev–Trinajstić information content (AvgIpc) is 2.96. The van der Waals surface area contributed by atoms with E-state index < -0.39 is 12.0 Å². The minimum Gasteiger partial charge on any atom is -0.507 e. The molecule has 0 saturated heterocycles. The Balaban J connectivity index is 2.58. The Hall–Kier alpha value is -1.16. The summed E-state index contributed by atoms with van der Waals surface area (Å²) in [6.07, 6.45) is -1.19. The number of nitrogens with two attached hydrogens (primary N) is 1. The molecule has 1 saturated carbocycles. The molecule has 0 bridgehead atoms. The molecule has 4 heteroatoms. The molecular formula is C13H17F2NO. The van der Waals surface area contributed by atoms with Crippen molar-refractivity contribution in [1.82, 2.24) is 0 Å². The van der Waals surface area contributed by atoms with Crippen molar-refractivity contribution in [3.63, 3.8) is 0 Å². The molecule has 1 aromatic rings. The molecule has 0 amide bonds. The van der Waals surface area contributed by atoms with Crippen molar-refractivity contribution in [3.8, 4) is 5.75 Å². The lowest BCUT2D eigenvalue weighted by molar-refractivity contribution is 0.147. The van der Waals surface area contributed by atoms with Crippen LogP contribution in [0.4, 0.5) is 8.78 Å². The Kier molecular flexibility index (Phi) is 2.86. The lowest BCUT2D eigenvalue weighted by Crippen LogP contribution is -2.19. The van der Waals surface area contributed by atoms with Crippen LogP contribution in [-0.4, -0.2) is 5.11 Å². The zero-order valence-corrected chi connectivity index (χ0v) is 10.0. The number of phenols is 1. The van der Waals surface area contributed by atoms with E-state index in [-0.39, 0.29) is 17.2 Å². The number of hydrogen-bond donors (Lipinski definition) is 2. The maximum absolute atomic E-state index is 12.9. The molecule has 17 heavy (non-hydrogen) atoms. The van der Waals surface area contributed by atoms with Gasteiger partial charge >= 0.3 is 0 Å². The smallest absolute Gasteiger partial charge is 0.267 e. The molecule has 0 atom stereocenters. The highest BCUT2D eigenvalue weighted by atomic mass is 19.3. The van der Waals surface area contributed by atoms with Crippen LogP contribution in [0.3, 0.4) is 0 Å². The standard InChI is InChI=1S/C13H17F2NO/c1-7(2)8-5-9(12(14)15)11(17)10(6-8)13(16)3-4-13/h5-7,12,17H,3-4,16H2,1-2H3. The fraction of sp³-hybridized carbons (Fsp3) is 0.538. The van der Waals surface area contributed by atoms with Gasteiger partial charge in [0.05, 0.1) is 5.56 Å². The number of benzene rings is 1. The van der Waals surface area contributed by atoms with Crippen LogP contribution in [0.25, 0.3) is 0 Å². The zero-order chi connectivity index (χ0) is 12.8. The van der Waals surface area contributed by atoms with Crippen molar-refractivity contribution in [2.75, 3.05) is 0 Å². The molecule has 1 aliphatic carbocycles. The Morgan fingerprint density at radius 2 is 1.88 bits per heavy atom. The summed E-state index contributed by atoms with van der Waals surface area (Å²) < 4.78 is 25.7. The molecule has 1 aliphatic rings. The van der Waals surface area contributed by atoms with E-state index in [4.69, 9.17) is 5.73 Å². The molecule has 0 heterocycles. The Morgan fingerprint density at radius 1 is 1.29 bits per heavy atom. The van der Waals surface area contributed by atoms with E-state index in [0.29, 0.717) is 5.56 Å². The van der Waals surface area contributed by atoms with Crippen LogP contribution in [0.5, 0.6) is 5.75 Å². The SMILES string of the molecule is CC(C)c1cc(C(F)F)c(O)c(C2(N)CC2)c1. The average molecular weight is 241 g/mol. The van der Waals surface area contributed by atoms with Crippen molar-refractivity contribution < 1.29 is 13.9 Å². The summed E-state index contributed by atoms with van der Waals surface area (Å²) in [4.78, 5) is 0. The van der Waals surface area contributed by atoms with Crippen LogP contribution < -0.4 is 5.73 Å². The molecule has 0 aliphatic heterocycles. The normalized spacial score (nSPS) is 17.8. The predicted octanol–water partition coefficient (Wildman–Crippen LogP) is 3.40. The monoisotopic (exact) mass is 241 g/mol. The van der Waals surface area contributed by atoms with Gasteiger partial charge in [0.1, 0.15) is 5.75 Å². The van der Waals surface area contributed by atoms with Gasteiger partial charge in [0.2, 0.25) is 0 Å². The quantitative estimate of drug-likeness (QED) is 0.852. The van der Waals surface area contributed by atoms with Crippen LogP contribution in [0.1, 0.15) is 55.7 Å². The van der Waals surface area contributed by atoms with Gasteiger partial charge in [-0.3, -0.25) is 0 Å². The summed E-state index contributed by atoms with van der Waals surface area (Å²) in [5.74, 6) is -0.196. The minimum atomic E-state index is -2.67. The molecule has 1 aromatic carbocycles. The molecule has 1 fully saturated rings. The summed E-state index contributed by atoms with van der Waals surface area (Å²) in [6, 6.07) is 3.14. The number of rotatable bonds is 3. The Labute approximate surface area is 99.4 Å². The molecule has 0 spiro atoms. The first-order chi connectivity index (χ1) is 7.85. The Morgan fingerprint density at radius 3 is 2.29 bits per heavy atom. The van der Waals surface area contributed by atoms with E-state index in [1.165, 1.54) is 6.07 Å². The highest BCUT2D eigenvalue weighted by Gasteiger charge is 2.43. The summed E-state index contributed by atoms with van der Waals surface area (Å²) in [7, 11) is 0. The van der Waals surface area contributed by atoms with E-state index in [1.54, 1.807) is 6.07 Å². The first-order valence-electron chi connectivity index (χ1n) is 5.79. The van der Waals surface area contributed by atoms with E-state index in [2.05, 4.69) is 0 Å². The molecule has 0 aromatic heterocycles. The van der Waals surface area contributed by atoms with Gasteiger partial charge in [-0.25, -0.2) is 8.78 Å². The largest absolute Gasteiger partial charge is 0.507 e. The van der Waals surface area contributed by atoms with E-state index in [1.807, 2.05) is 13.8 Å². The second kappa shape index (κ2) is 3.95. The van der Waals surface area contributed by atoms with Crippen molar-refractivity contribution in [3.05, 3.63) is 28.8 Å². The highest BCUT2D eigenvalue weighted by molar-refractivity contribution is 5.50. The van der Waals surface area contributed by atoms with Crippen molar-refractivity contribution >= 4 is 0 Å². The Bertz CT molecular complexity index is 439. The number of aromatic hydroxyl groups is 1. The molecule has 94 valence electrons. The van der Waals surface area contributed by atoms with Gasteiger partial charge in [0.15, 0.2) is 0 Å². The fourth-order valence-corrected chi connectivity index (χ4v) is 1.96. The van der Waals surface area contributed by atoms with Gasteiger partial charge in [-0.05, 0) is 36.5 Å². The number of alkyl halides is 2. The van der Waals surface area contributed by atoms with Crippen LogP contribution in [0.2, 0.25) is 0 Å². The van der Waals surface area contributed by atoms with Crippen LogP contribution in [0.15, 0.2) is 12.1 Å². The number of phenolic OH excluding ortho intramolecular Hbond substituents is 1. The maximum Gasteiger partial charge on any atom is 0.267 e. The van der Waals surface area contributed by atoms with E-state index in [0.717, 1.165) is 18.4 Å². The summed E-state index contributed by atoms with van der Waals surface area (Å²) in [5, 5.41) is 9.88. The predicted molar refractivity (Wildman–Crippen MR) is 62.3 cm³/mol. The highest BCUT2D eigenvalue weighted by Crippen LogP contribution is 2.49. The fourth-order valence-electron chi connectivity index (χ4n) is 1.96. The molecular weight excluding hydrogens is 224 g/mol. The second-order valence-corrected chi connectivity index (χ2v) is 5.12. The summed E-state index contributed by atoms with van der Waals surface area (Å²) in [5.41, 5.74) is 6.37. The molecule has 2 nitrogen and oxygen atoms in total. The van der Waals surface area contributed by atoms with Gasteiger partial charge in [-0.1, -0.05) is 13.8 Å². The number of hydrogen-bond acceptors (Lipinski definition) is 2. The van der Waals surface area contributed by atoms with Crippen molar-refractivity contribution in [1.29, 1.82) is 0 Å². The molecule has 2 rings (SSSR count). The molecule has 0 unspecified atom stereocenters. The number of halogens is 2. The lowest BCUT2D eigenvalue weighted by atomic mass is 9.93. The zero-order valence-electron chi connectivity index (χ0n) is 10.0. The van der Waals surface area contributed by atoms with E-state index in [9.17, 15) is 13.9 Å². The lowest BCUT2D eigenvalue weighted by Gasteiger charge is -2.18. The van der Waals surface area contributed by atoms with Crippen LogP contribution >= 0.6 is 0 Å². The molecule has 3 N–H and O–H groups in total. The van der Waals surface area contributed by atoms with Gasteiger partial charge in [-0.15, -0.1) is 0 Å². The van der Waals surface area contributed by atoms with Crippen molar-refractivity contribution in [2.24, 2.45) is 5.73 Å². The van der Waals surface area contributed by atoms with E-state index >= 15 is 0 Å². The van der Waals surface area contributed by atoms with Crippen LogP contribution in [-0.2, 0) is 5.54 Å². The van der Waals surface area contributed by atoms with Gasteiger partial charge in [0.25, 0.3) is 6.43 Å². The summed E-state index contributed by atoms with van der Waals surface area (Å²) in [6.45, 7) is 3.86. The van der Waals surface area contributed by atoms with Crippen molar-refractivity contribution in [2.45, 2.75) is 44.6 Å². The van der Waals surface area contributed by atoms with Gasteiger partial charge in [-0.2, -0.15) is 0 Å². The minimum absolute atomic E-state index is 0.134. The second-order valence-electron chi connectivity index (χ2n) is 5.12. The van der Waals surface area contributed by atoms with Gasteiger partial charge < -0.3 is 10.8 Å². The first kappa shape index (κ1) is 12.3. The van der Waals surface area contributed by atoms with Crippen LogP contribution in [0, 0.1) is 0 Å². The third-order valence-electron chi connectivity index (χ3n) is 3.39. The topological polar surface area (TPSA) is 46.2 Å². The maximum atomic E-state index is 12.9. The first-order valence-corrected chi connectivity index (χ1v) is 5.79. The third kappa shape index (κ3) is 2.14.